The SMILES string of the molecule is CCCC(C)(Pc1ccccc1CN(C)C)c1cc(OC)cc(OC)c1O. The molecule has 2 rings (SSSR count). The molecule has 0 aliphatic heterocycles. The predicted octanol–water partition coefficient (Wildman–Crippen LogP) is 4.49. The normalized spacial score (nSPS) is 13.9. The van der Waals surface area contributed by atoms with Crippen LogP contribution in [-0.4, -0.2) is 38.3 Å². The Bertz CT molecular complexity index is 763. The van der Waals surface area contributed by atoms with E-state index in [2.05, 4.69) is 57.1 Å². The summed E-state index contributed by atoms with van der Waals surface area (Å²) >= 11 is 0. The molecule has 4 nitrogen and oxygen atoms in total. The number of benzene rings is 2. The molecule has 0 saturated carbocycles. The number of hydrogen-bond acceptors (Lipinski definition) is 4. The number of aromatic hydroxyl groups is 1. The predicted molar refractivity (Wildman–Crippen MR) is 115 cm³/mol. The van der Waals surface area contributed by atoms with Gasteiger partial charge in [0, 0.05) is 23.3 Å². The van der Waals surface area contributed by atoms with Crippen LogP contribution in [0.1, 0.15) is 37.8 Å². The first kappa shape index (κ1) is 21.5. The molecule has 2 unspecified atom stereocenters. The smallest absolute Gasteiger partial charge is 0.164 e. The van der Waals surface area contributed by atoms with Crippen LogP contribution in [0.2, 0.25) is 0 Å². The van der Waals surface area contributed by atoms with Crippen LogP contribution in [0.4, 0.5) is 0 Å². The van der Waals surface area contributed by atoms with Crippen LogP contribution in [-0.2, 0) is 11.7 Å². The third kappa shape index (κ3) is 5.15. The second-order valence-corrected chi connectivity index (χ2v) is 9.22. The van der Waals surface area contributed by atoms with Crippen molar-refractivity contribution in [3.63, 3.8) is 0 Å². The molecule has 0 radical (unpaired) electrons. The highest BCUT2D eigenvalue weighted by Crippen LogP contribution is 2.51. The maximum atomic E-state index is 10.9. The molecule has 2 aromatic carbocycles. The van der Waals surface area contributed by atoms with Crippen molar-refractivity contribution < 1.29 is 14.6 Å². The fourth-order valence-corrected chi connectivity index (χ4v) is 5.26. The molecular formula is C22H32NO3P. The molecule has 148 valence electrons. The zero-order valence-electron chi connectivity index (χ0n) is 17.3. The van der Waals surface area contributed by atoms with Crippen molar-refractivity contribution in [3.8, 4) is 17.2 Å². The Balaban J connectivity index is 2.54. The van der Waals surface area contributed by atoms with E-state index in [9.17, 15) is 5.11 Å². The fraction of sp³-hybridized carbons (Fsp3) is 0.455. The van der Waals surface area contributed by atoms with Gasteiger partial charge in [-0.25, -0.2) is 0 Å². The molecule has 0 spiro atoms. The van der Waals surface area contributed by atoms with E-state index in [4.69, 9.17) is 9.47 Å². The van der Waals surface area contributed by atoms with Crippen molar-refractivity contribution in [3.05, 3.63) is 47.5 Å². The second kappa shape index (κ2) is 9.43. The summed E-state index contributed by atoms with van der Waals surface area (Å²) in [5.41, 5.74) is 2.22. The topological polar surface area (TPSA) is 41.9 Å². The highest BCUT2D eigenvalue weighted by molar-refractivity contribution is 7.48. The van der Waals surface area contributed by atoms with Crippen LogP contribution >= 0.6 is 8.58 Å². The van der Waals surface area contributed by atoms with Gasteiger partial charge < -0.3 is 19.5 Å². The van der Waals surface area contributed by atoms with Gasteiger partial charge in [-0.1, -0.05) is 53.1 Å². The minimum atomic E-state index is -0.205. The van der Waals surface area contributed by atoms with E-state index >= 15 is 0 Å². The largest absolute Gasteiger partial charge is 0.504 e. The second-order valence-electron chi connectivity index (χ2n) is 7.33. The lowest BCUT2D eigenvalue weighted by Gasteiger charge is -2.32. The monoisotopic (exact) mass is 389 g/mol. The van der Waals surface area contributed by atoms with Crippen LogP contribution in [0, 0.1) is 0 Å². The third-order valence-corrected chi connectivity index (χ3v) is 6.59. The van der Waals surface area contributed by atoms with Crippen LogP contribution in [0.3, 0.4) is 0 Å². The molecule has 0 fully saturated rings. The van der Waals surface area contributed by atoms with Crippen LogP contribution < -0.4 is 14.8 Å². The summed E-state index contributed by atoms with van der Waals surface area (Å²) in [6.07, 6.45) is 1.99. The van der Waals surface area contributed by atoms with Crippen LogP contribution in [0.25, 0.3) is 0 Å². The van der Waals surface area contributed by atoms with Gasteiger partial charge in [0.25, 0.3) is 0 Å². The van der Waals surface area contributed by atoms with E-state index in [-0.39, 0.29) is 10.9 Å². The standard InChI is InChI=1S/C22H32NO3P/c1-7-12-22(2,18-13-17(25-5)14-19(26-6)21(18)24)27-20-11-9-8-10-16(20)15-23(3)4/h8-11,13-14,24,27H,7,12,15H2,1-6H3. The Kier molecular flexibility index (Phi) is 7.52. The molecule has 0 aliphatic rings. The average molecular weight is 389 g/mol. The number of phenolic OH excluding ortho intramolecular Hbond substituents is 1. The van der Waals surface area contributed by atoms with Crippen molar-refractivity contribution in [2.75, 3.05) is 28.3 Å². The Morgan fingerprint density at radius 3 is 2.41 bits per heavy atom. The molecule has 2 aromatic rings. The van der Waals surface area contributed by atoms with Crippen molar-refractivity contribution in [1.82, 2.24) is 4.90 Å². The molecule has 1 N–H and O–H groups in total. The van der Waals surface area contributed by atoms with E-state index < -0.39 is 0 Å². The number of phenols is 1. The number of ether oxygens (including phenoxy) is 2. The minimum Gasteiger partial charge on any atom is -0.504 e. The van der Waals surface area contributed by atoms with Crippen molar-refractivity contribution in [2.45, 2.75) is 38.4 Å². The first-order valence-electron chi connectivity index (χ1n) is 9.31. The van der Waals surface area contributed by atoms with E-state index in [1.54, 1.807) is 20.3 Å². The van der Waals surface area contributed by atoms with Gasteiger partial charge in [0.2, 0.25) is 0 Å². The Morgan fingerprint density at radius 2 is 1.81 bits per heavy atom. The summed E-state index contributed by atoms with van der Waals surface area (Å²) in [7, 11) is 7.91. The van der Waals surface area contributed by atoms with Gasteiger partial charge in [-0.2, -0.15) is 0 Å². The molecule has 27 heavy (non-hydrogen) atoms. The van der Waals surface area contributed by atoms with E-state index in [1.165, 1.54) is 10.9 Å². The number of hydrogen-bond donors (Lipinski definition) is 1. The lowest BCUT2D eigenvalue weighted by molar-refractivity contribution is 0.357. The quantitative estimate of drug-likeness (QED) is 0.642. The molecule has 0 aromatic heterocycles. The number of methoxy groups -OCH3 is 2. The van der Waals surface area contributed by atoms with Gasteiger partial charge in [-0.15, -0.1) is 0 Å². The molecular weight excluding hydrogens is 357 g/mol. The lowest BCUT2D eigenvalue weighted by Crippen LogP contribution is -2.23. The van der Waals surface area contributed by atoms with Gasteiger partial charge >= 0.3 is 0 Å². The summed E-state index contributed by atoms with van der Waals surface area (Å²) < 4.78 is 10.9. The molecule has 0 heterocycles. The highest BCUT2D eigenvalue weighted by Gasteiger charge is 2.32. The fourth-order valence-electron chi connectivity index (χ4n) is 3.46. The van der Waals surface area contributed by atoms with Gasteiger partial charge in [-0.05, 0) is 37.5 Å². The molecule has 0 amide bonds. The summed E-state index contributed by atoms with van der Waals surface area (Å²) in [6.45, 7) is 5.32. The van der Waals surface area contributed by atoms with E-state index in [0.717, 1.165) is 24.9 Å². The van der Waals surface area contributed by atoms with Crippen LogP contribution in [0.5, 0.6) is 17.2 Å². The molecule has 5 heteroatoms. The molecule has 2 atom stereocenters. The average Bonchev–Trinajstić information content (AvgIpc) is 2.63. The van der Waals surface area contributed by atoms with Gasteiger partial charge in [-0.3, -0.25) is 0 Å². The Labute approximate surface area is 165 Å². The maximum absolute atomic E-state index is 10.9. The highest BCUT2D eigenvalue weighted by atomic mass is 31.1. The zero-order valence-corrected chi connectivity index (χ0v) is 18.3. The first-order valence-corrected chi connectivity index (χ1v) is 10.3. The summed E-state index contributed by atoms with van der Waals surface area (Å²) in [5, 5.41) is 12.0. The van der Waals surface area contributed by atoms with Crippen molar-refractivity contribution in [2.24, 2.45) is 0 Å². The number of nitrogens with zero attached hydrogens (tertiary/aromatic N) is 1. The maximum Gasteiger partial charge on any atom is 0.164 e. The van der Waals surface area contributed by atoms with Crippen molar-refractivity contribution >= 4 is 13.9 Å². The number of rotatable bonds is 9. The lowest BCUT2D eigenvalue weighted by atomic mass is 9.93. The van der Waals surface area contributed by atoms with Gasteiger partial charge in [0.05, 0.1) is 14.2 Å². The first-order chi connectivity index (χ1) is 12.8. The van der Waals surface area contributed by atoms with Crippen LogP contribution in [0.15, 0.2) is 36.4 Å². The third-order valence-electron chi connectivity index (χ3n) is 4.76. The summed E-state index contributed by atoms with van der Waals surface area (Å²) in [5.74, 6) is 1.37. The summed E-state index contributed by atoms with van der Waals surface area (Å²) in [4.78, 5) is 2.19. The molecule has 0 bridgehead atoms. The van der Waals surface area contributed by atoms with E-state index in [0.29, 0.717) is 20.1 Å². The molecule has 0 saturated heterocycles. The summed E-state index contributed by atoms with van der Waals surface area (Å²) in [6, 6.07) is 12.3. The van der Waals surface area contributed by atoms with Crippen molar-refractivity contribution in [1.29, 1.82) is 0 Å². The Hall–Kier alpha value is -1.77. The minimum absolute atomic E-state index is 0.205. The van der Waals surface area contributed by atoms with E-state index in [1.807, 2.05) is 6.07 Å². The van der Waals surface area contributed by atoms with Gasteiger partial charge in [0.1, 0.15) is 5.75 Å². The zero-order chi connectivity index (χ0) is 20.0. The molecule has 0 aliphatic carbocycles. The van der Waals surface area contributed by atoms with Gasteiger partial charge in [0.15, 0.2) is 11.5 Å². The Morgan fingerprint density at radius 1 is 1.11 bits per heavy atom.